The highest BCUT2D eigenvalue weighted by atomic mass is 16.5. The van der Waals surface area contributed by atoms with E-state index in [9.17, 15) is 9.59 Å². The average molecular weight is 315 g/mol. The van der Waals surface area contributed by atoms with Gasteiger partial charge in [-0.2, -0.15) is 0 Å². The molecule has 5 nitrogen and oxygen atoms in total. The molecule has 0 saturated carbocycles. The van der Waals surface area contributed by atoms with Gasteiger partial charge in [-0.1, -0.05) is 36.4 Å². The maximum atomic E-state index is 11.5. The van der Waals surface area contributed by atoms with Gasteiger partial charge in [0.15, 0.2) is 0 Å². The summed E-state index contributed by atoms with van der Waals surface area (Å²) in [5.41, 5.74) is 0.980. The van der Waals surface area contributed by atoms with E-state index in [4.69, 9.17) is 0 Å². The molecule has 0 bridgehead atoms. The summed E-state index contributed by atoms with van der Waals surface area (Å²) in [6.45, 7) is 5.04. The van der Waals surface area contributed by atoms with Crippen molar-refractivity contribution >= 4 is 11.9 Å². The fraction of sp³-hybridized carbons (Fsp3) is 0.222. The van der Waals surface area contributed by atoms with Crippen LogP contribution in [0, 0.1) is 0 Å². The third-order valence-corrected chi connectivity index (χ3v) is 2.96. The Balaban J connectivity index is 2.86. The van der Waals surface area contributed by atoms with Crippen LogP contribution in [0.25, 0.3) is 0 Å². The van der Waals surface area contributed by atoms with Gasteiger partial charge in [0.2, 0.25) is 0 Å². The first kappa shape index (κ1) is 18.2. The first-order chi connectivity index (χ1) is 11.1. The number of carbonyl (C=O) groups is 2. The summed E-state index contributed by atoms with van der Waals surface area (Å²) in [4.78, 5) is 25.1. The lowest BCUT2D eigenvalue weighted by Gasteiger charge is -2.18. The van der Waals surface area contributed by atoms with Crippen molar-refractivity contribution in [3.8, 4) is 0 Å². The van der Waals surface area contributed by atoms with Crippen molar-refractivity contribution in [2.75, 3.05) is 20.8 Å². The maximum Gasteiger partial charge on any atom is 0.345 e. The van der Waals surface area contributed by atoms with Crippen molar-refractivity contribution in [2.45, 2.75) is 6.54 Å². The summed E-state index contributed by atoms with van der Waals surface area (Å²) in [7, 11) is 2.42. The number of benzene rings is 1. The Hall–Kier alpha value is -2.82. The molecule has 0 unspecified atom stereocenters. The zero-order valence-corrected chi connectivity index (χ0v) is 13.4. The molecule has 23 heavy (non-hydrogen) atoms. The van der Waals surface area contributed by atoms with Crippen LogP contribution < -0.4 is 0 Å². The second-order valence-electron chi connectivity index (χ2n) is 4.61. The smallest absolute Gasteiger partial charge is 0.345 e. The van der Waals surface area contributed by atoms with Crippen LogP contribution in [0.3, 0.4) is 0 Å². The lowest BCUT2D eigenvalue weighted by atomic mass is 10.2. The van der Waals surface area contributed by atoms with E-state index in [-0.39, 0.29) is 5.57 Å². The van der Waals surface area contributed by atoms with E-state index in [1.807, 2.05) is 35.2 Å². The Morgan fingerprint density at radius 1 is 1.13 bits per heavy atom. The highest BCUT2D eigenvalue weighted by Crippen LogP contribution is 2.06. The number of methoxy groups -OCH3 is 2. The molecule has 1 rings (SSSR count). The number of hydrogen-bond donors (Lipinski definition) is 0. The largest absolute Gasteiger partial charge is 0.465 e. The summed E-state index contributed by atoms with van der Waals surface area (Å²) in [5.74, 6) is -1.47. The SMILES string of the molecule is C=CCN(/C=C/C=C(C(=O)OC)C(=O)OC)Cc1ccccc1. The normalized spacial score (nSPS) is 10.0. The predicted octanol–water partition coefficient (Wildman–Crippen LogP) is 2.46. The minimum Gasteiger partial charge on any atom is -0.465 e. The molecule has 1 aromatic rings. The number of allylic oxidation sites excluding steroid dienone is 2. The molecule has 1 aromatic carbocycles. The van der Waals surface area contributed by atoms with Crippen molar-refractivity contribution in [1.29, 1.82) is 0 Å². The summed E-state index contributed by atoms with van der Waals surface area (Å²) >= 11 is 0. The van der Waals surface area contributed by atoms with Crippen LogP contribution in [-0.4, -0.2) is 37.6 Å². The summed E-state index contributed by atoms with van der Waals surface area (Å²) in [5, 5.41) is 0. The van der Waals surface area contributed by atoms with Crippen LogP contribution in [0.2, 0.25) is 0 Å². The fourth-order valence-corrected chi connectivity index (χ4v) is 1.86. The van der Waals surface area contributed by atoms with E-state index in [1.165, 1.54) is 20.3 Å². The molecule has 0 spiro atoms. The zero-order chi connectivity index (χ0) is 17.1. The zero-order valence-electron chi connectivity index (χ0n) is 13.4. The van der Waals surface area contributed by atoms with Gasteiger partial charge in [0.25, 0.3) is 0 Å². The van der Waals surface area contributed by atoms with E-state index < -0.39 is 11.9 Å². The Labute approximate surface area is 136 Å². The van der Waals surface area contributed by atoms with Crippen LogP contribution in [0.4, 0.5) is 0 Å². The van der Waals surface area contributed by atoms with Gasteiger partial charge in [0, 0.05) is 13.1 Å². The molecule has 122 valence electrons. The van der Waals surface area contributed by atoms with Gasteiger partial charge >= 0.3 is 11.9 Å². The third-order valence-electron chi connectivity index (χ3n) is 2.96. The van der Waals surface area contributed by atoms with Crippen molar-refractivity contribution in [1.82, 2.24) is 4.90 Å². The first-order valence-corrected chi connectivity index (χ1v) is 7.06. The number of rotatable bonds is 8. The van der Waals surface area contributed by atoms with E-state index >= 15 is 0 Å². The molecule has 0 N–H and O–H groups in total. The van der Waals surface area contributed by atoms with Gasteiger partial charge in [-0.25, -0.2) is 9.59 Å². The number of ether oxygens (including phenoxy) is 2. The van der Waals surface area contributed by atoms with Crippen LogP contribution in [0.1, 0.15) is 5.56 Å². The molecule has 0 aromatic heterocycles. The lowest BCUT2D eigenvalue weighted by molar-refractivity contribution is -0.144. The maximum absolute atomic E-state index is 11.5. The molecule has 5 heteroatoms. The summed E-state index contributed by atoms with van der Waals surface area (Å²) in [6, 6.07) is 9.94. The van der Waals surface area contributed by atoms with Crippen molar-refractivity contribution in [3.05, 3.63) is 72.5 Å². The molecular formula is C18H21NO4. The molecule has 0 radical (unpaired) electrons. The van der Waals surface area contributed by atoms with Gasteiger partial charge < -0.3 is 14.4 Å². The lowest BCUT2D eigenvalue weighted by Crippen LogP contribution is -2.17. The van der Waals surface area contributed by atoms with Crippen LogP contribution >= 0.6 is 0 Å². The Kier molecular flexibility index (Phi) is 7.92. The second-order valence-corrected chi connectivity index (χ2v) is 4.61. The summed E-state index contributed by atoms with van der Waals surface area (Å²) in [6.07, 6.45) is 6.54. The number of hydrogen-bond acceptors (Lipinski definition) is 5. The van der Waals surface area contributed by atoms with E-state index in [0.29, 0.717) is 13.1 Å². The molecule has 0 aliphatic heterocycles. The van der Waals surface area contributed by atoms with Crippen molar-refractivity contribution < 1.29 is 19.1 Å². The molecular weight excluding hydrogens is 294 g/mol. The Bertz CT molecular complexity index is 572. The quantitative estimate of drug-likeness (QED) is 0.184. The topological polar surface area (TPSA) is 55.8 Å². The highest BCUT2D eigenvalue weighted by Gasteiger charge is 2.18. The second kappa shape index (κ2) is 10.00. The molecule has 0 aliphatic carbocycles. The predicted molar refractivity (Wildman–Crippen MR) is 88.3 cm³/mol. The minimum atomic E-state index is -0.736. The fourth-order valence-electron chi connectivity index (χ4n) is 1.86. The van der Waals surface area contributed by atoms with Gasteiger partial charge in [-0.05, 0) is 23.9 Å². The van der Waals surface area contributed by atoms with Crippen LogP contribution in [-0.2, 0) is 25.6 Å². The third kappa shape index (κ3) is 6.22. The standard InChI is InChI=1S/C18H21NO4/c1-4-12-19(14-15-9-6-5-7-10-15)13-8-11-16(17(20)22-2)18(21)23-3/h4-11,13H,1,12,14H2,2-3H3/b13-8+. The van der Waals surface area contributed by atoms with Gasteiger partial charge in [-0.15, -0.1) is 6.58 Å². The van der Waals surface area contributed by atoms with E-state index in [0.717, 1.165) is 5.56 Å². The Morgan fingerprint density at radius 2 is 1.74 bits per heavy atom. The summed E-state index contributed by atoms with van der Waals surface area (Å²) < 4.78 is 9.13. The van der Waals surface area contributed by atoms with Gasteiger partial charge in [0.1, 0.15) is 5.57 Å². The first-order valence-electron chi connectivity index (χ1n) is 7.06. The number of nitrogens with zero attached hydrogens (tertiary/aromatic N) is 1. The molecule has 0 heterocycles. The Morgan fingerprint density at radius 3 is 2.26 bits per heavy atom. The van der Waals surface area contributed by atoms with Crippen LogP contribution in [0.15, 0.2) is 66.9 Å². The minimum absolute atomic E-state index is 0.162. The molecule has 0 aliphatic rings. The van der Waals surface area contributed by atoms with Crippen LogP contribution in [0.5, 0.6) is 0 Å². The highest BCUT2D eigenvalue weighted by molar-refractivity contribution is 6.14. The monoisotopic (exact) mass is 315 g/mol. The number of esters is 2. The van der Waals surface area contributed by atoms with E-state index in [1.54, 1.807) is 18.4 Å². The average Bonchev–Trinajstić information content (AvgIpc) is 2.58. The van der Waals surface area contributed by atoms with Gasteiger partial charge in [0.05, 0.1) is 14.2 Å². The molecule has 0 atom stereocenters. The molecule has 0 amide bonds. The molecule has 0 saturated heterocycles. The molecule has 0 fully saturated rings. The van der Waals surface area contributed by atoms with Crippen molar-refractivity contribution in [3.63, 3.8) is 0 Å². The van der Waals surface area contributed by atoms with E-state index in [2.05, 4.69) is 16.1 Å². The van der Waals surface area contributed by atoms with Crippen molar-refractivity contribution in [2.24, 2.45) is 0 Å². The van der Waals surface area contributed by atoms with Gasteiger partial charge in [-0.3, -0.25) is 0 Å². The number of carbonyl (C=O) groups excluding carboxylic acids is 2.